The Balaban J connectivity index is 1.84. The SMILES string of the molecule is O=C(C=Cc1cnc2ccc(Br)cn12)c1ccc([N+](=O)[O-])cc1. The van der Waals surface area contributed by atoms with Crippen LogP contribution in [0.2, 0.25) is 0 Å². The highest BCUT2D eigenvalue weighted by Gasteiger charge is 2.08. The number of allylic oxidation sites excluding steroid dienone is 1. The Morgan fingerprint density at radius 2 is 1.96 bits per heavy atom. The molecule has 0 radical (unpaired) electrons. The number of imidazole rings is 1. The van der Waals surface area contributed by atoms with Gasteiger partial charge in [0.15, 0.2) is 5.78 Å². The first kappa shape index (κ1) is 15.1. The summed E-state index contributed by atoms with van der Waals surface area (Å²) in [5.41, 5.74) is 1.88. The zero-order valence-electron chi connectivity index (χ0n) is 11.7. The molecular weight excluding hydrogens is 362 g/mol. The van der Waals surface area contributed by atoms with Crippen LogP contribution >= 0.6 is 15.9 Å². The molecule has 0 spiro atoms. The molecule has 3 rings (SSSR count). The van der Waals surface area contributed by atoms with E-state index in [-0.39, 0.29) is 11.5 Å². The molecule has 114 valence electrons. The van der Waals surface area contributed by atoms with Crippen LogP contribution < -0.4 is 0 Å². The fourth-order valence-electron chi connectivity index (χ4n) is 2.10. The van der Waals surface area contributed by atoms with E-state index >= 15 is 0 Å². The van der Waals surface area contributed by atoms with Gasteiger partial charge in [0.25, 0.3) is 5.69 Å². The topological polar surface area (TPSA) is 77.5 Å². The van der Waals surface area contributed by atoms with Crippen LogP contribution in [0, 0.1) is 10.1 Å². The van der Waals surface area contributed by atoms with E-state index in [1.807, 2.05) is 22.7 Å². The number of nitro groups is 1. The molecule has 0 unspecified atom stereocenters. The van der Waals surface area contributed by atoms with E-state index in [0.717, 1.165) is 15.8 Å². The fraction of sp³-hybridized carbons (Fsp3) is 0. The van der Waals surface area contributed by atoms with Crippen LogP contribution in [0.3, 0.4) is 0 Å². The lowest BCUT2D eigenvalue weighted by Crippen LogP contribution is -1.95. The quantitative estimate of drug-likeness (QED) is 0.301. The highest BCUT2D eigenvalue weighted by molar-refractivity contribution is 9.10. The van der Waals surface area contributed by atoms with Crippen LogP contribution in [0.4, 0.5) is 5.69 Å². The van der Waals surface area contributed by atoms with Gasteiger partial charge < -0.3 is 0 Å². The molecule has 0 atom stereocenters. The maximum absolute atomic E-state index is 12.1. The Labute approximate surface area is 139 Å². The third kappa shape index (κ3) is 3.19. The van der Waals surface area contributed by atoms with E-state index in [1.165, 1.54) is 30.3 Å². The second-order valence-electron chi connectivity index (χ2n) is 4.76. The number of nitrogens with zero attached hydrogens (tertiary/aromatic N) is 3. The van der Waals surface area contributed by atoms with Crippen molar-refractivity contribution in [3.8, 4) is 0 Å². The molecule has 23 heavy (non-hydrogen) atoms. The minimum atomic E-state index is -0.500. The number of hydrogen-bond donors (Lipinski definition) is 0. The lowest BCUT2D eigenvalue weighted by atomic mass is 10.1. The van der Waals surface area contributed by atoms with Crippen LogP contribution in [0.25, 0.3) is 11.7 Å². The zero-order valence-corrected chi connectivity index (χ0v) is 13.3. The van der Waals surface area contributed by atoms with Gasteiger partial charge in [0.2, 0.25) is 0 Å². The van der Waals surface area contributed by atoms with Crippen LogP contribution in [0.5, 0.6) is 0 Å². The van der Waals surface area contributed by atoms with Crippen LogP contribution in [-0.4, -0.2) is 20.1 Å². The molecule has 0 saturated carbocycles. The number of hydrogen-bond acceptors (Lipinski definition) is 4. The fourth-order valence-corrected chi connectivity index (χ4v) is 2.44. The standard InChI is InChI=1S/C16H10BrN3O3/c17-12-3-8-16-18-9-14(19(16)10-12)6-7-15(21)11-1-4-13(5-2-11)20(22)23/h1-10H. The predicted molar refractivity (Wildman–Crippen MR) is 89.4 cm³/mol. The summed E-state index contributed by atoms with van der Waals surface area (Å²) in [6.45, 7) is 0. The average Bonchev–Trinajstić information content (AvgIpc) is 2.95. The molecule has 2 aromatic heterocycles. The largest absolute Gasteiger partial charge is 0.299 e. The van der Waals surface area contributed by atoms with Gasteiger partial charge in [-0.3, -0.25) is 19.3 Å². The van der Waals surface area contributed by atoms with Crippen molar-refractivity contribution in [3.05, 3.63) is 80.7 Å². The molecule has 6 nitrogen and oxygen atoms in total. The monoisotopic (exact) mass is 371 g/mol. The first-order valence-corrected chi connectivity index (χ1v) is 7.43. The van der Waals surface area contributed by atoms with Crippen molar-refractivity contribution in [3.63, 3.8) is 0 Å². The number of halogens is 1. The minimum absolute atomic E-state index is 0.0443. The van der Waals surface area contributed by atoms with Crippen molar-refractivity contribution in [2.75, 3.05) is 0 Å². The average molecular weight is 372 g/mol. The van der Waals surface area contributed by atoms with Gasteiger partial charge in [-0.05, 0) is 52.3 Å². The number of pyridine rings is 1. The van der Waals surface area contributed by atoms with Gasteiger partial charge in [0.05, 0.1) is 16.8 Å². The normalized spacial score (nSPS) is 11.2. The molecular formula is C16H10BrN3O3. The van der Waals surface area contributed by atoms with Gasteiger partial charge in [-0.15, -0.1) is 0 Å². The molecule has 2 heterocycles. The molecule has 0 aliphatic carbocycles. The summed E-state index contributed by atoms with van der Waals surface area (Å²) in [5.74, 6) is -0.232. The summed E-state index contributed by atoms with van der Waals surface area (Å²) in [5, 5.41) is 10.6. The van der Waals surface area contributed by atoms with Gasteiger partial charge in [0, 0.05) is 28.4 Å². The minimum Gasteiger partial charge on any atom is -0.299 e. The second-order valence-corrected chi connectivity index (χ2v) is 5.68. The summed E-state index contributed by atoms with van der Waals surface area (Å²) in [6.07, 6.45) is 6.61. The van der Waals surface area contributed by atoms with Gasteiger partial charge >= 0.3 is 0 Å². The first-order chi connectivity index (χ1) is 11.0. The van der Waals surface area contributed by atoms with Gasteiger partial charge in [-0.25, -0.2) is 4.98 Å². The van der Waals surface area contributed by atoms with Gasteiger partial charge in [0.1, 0.15) is 5.65 Å². The molecule has 0 bridgehead atoms. The lowest BCUT2D eigenvalue weighted by molar-refractivity contribution is -0.384. The molecule has 0 fully saturated rings. The number of fused-ring (bicyclic) bond motifs is 1. The number of benzene rings is 1. The van der Waals surface area contributed by atoms with E-state index in [2.05, 4.69) is 20.9 Å². The van der Waals surface area contributed by atoms with Crippen LogP contribution in [-0.2, 0) is 0 Å². The number of non-ortho nitro benzene ring substituents is 1. The van der Waals surface area contributed by atoms with Crippen molar-refractivity contribution in [1.29, 1.82) is 0 Å². The summed E-state index contributed by atoms with van der Waals surface area (Å²) >= 11 is 3.39. The van der Waals surface area contributed by atoms with Crippen LogP contribution in [0.1, 0.15) is 16.1 Å². The van der Waals surface area contributed by atoms with E-state index < -0.39 is 4.92 Å². The summed E-state index contributed by atoms with van der Waals surface area (Å²) in [7, 11) is 0. The molecule has 0 aliphatic rings. The number of nitro benzene ring substituents is 1. The molecule has 0 amide bonds. The molecule has 7 heteroatoms. The Kier molecular flexibility index (Phi) is 4.03. The van der Waals surface area contributed by atoms with Crippen molar-refractivity contribution < 1.29 is 9.72 Å². The number of carbonyl (C=O) groups is 1. The summed E-state index contributed by atoms with van der Waals surface area (Å²) < 4.78 is 2.75. The highest BCUT2D eigenvalue weighted by atomic mass is 79.9. The number of aromatic nitrogens is 2. The Morgan fingerprint density at radius 1 is 1.22 bits per heavy atom. The third-order valence-corrected chi connectivity index (χ3v) is 3.74. The Hall–Kier alpha value is -2.80. The van der Waals surface area contributed by atoms with E-state index in [4.69, 9.17) is 0 Å². The van der Waals surface area contributed by atoms with Crippen molar-refractivity contribution in [1.82, 2.24) is 9.38 Å². The van der Waals surface area contributed by atoms with Crippen molar-refractivity contribution in [2.24, 2.45) is 0 Å². The highest BCUT2D eigenvalue weighted by Crippen LogP contribution is 2.16. The molecule has 3 aromatic rings. The molecule has 0 aliphatic heterocycles. The van der Waals surface area contributed by atoms with Gasteiger partial charge in [-0.1, -0.05) is 0 Å². The molecule has 0 saturated heterocycles. The first-order valence-electron chi connectivity index (χ1n) is 6.64. The lowest BCUT2D eigenvalue weighted by Gasteiger charge is -1.98. The van der Waals surface area contributed by atoms with Crippen molar-refractivity contribution >= 4 is 39.1 Å². The number of ketones is 1. The van der Waals surface area contributed by atoms with Crippen molar-refractivity contribution in [2.45, 2.75) is 0 Å². The van der Waals surface area contributed by atoms with Gasteiger partial charge in [-0.2, -0.15) is 0 Å². The maximum Gasteiger partial charge on any atom is 0.269 e. The third-order valence-electron chi connectivity index (χ3n) is 3.27. The number of carbonyl (C=O) groups excluding carboxylic acids is 1. The van der Waals surface area contributed by atoms with E-state index in [9.17, 15) is 14.9 Å². The van der Waals surface area contributed by atoms with E-state index in [0.29, 0.717) is 5.56 Å². The molecule has 0 N–H and O–H groups in total. The predicted octanol–water partition coefficient (Wildman–Crippen LogP) is 3.90. The second kappa shape index (κ2) is 6.13. The molecule has 1 aromatic carbocycles. The van der Waals surface area contributed by atoms with Crippen LogP contribution in [0.15, 0.2) is 59.3 Å². The Morgan fingerprint density at radius 3 is 2.65 bits per heavy atom. The maximum atomic E-state index is 12.1. The number of rotatable bonds is 4. The zero-order chi connectivity index (χ0) is 16.4. The smallest absolute Gasteiger partial charge is 0.269 e. The Bertz CT molecular complexity index is 929. The van der Waals surface area contributed by atoms with E-state index in [1.54, 1.807) is 12.3 Å². The summed E-state index contributed by atoms with van der Waals surface area (Å²) in [4.78, 5) is 26.5. The summed E-state index contributed by atoms with van der Waals surface area (Å²) in [6, 6.07) is 9.25.